The number of anilines is 1. The fourth-order valence-corrected chi connectivity index (χ4v) is 4.81. The third kappa shape index (κ3) is 4.18. The monoisotopic (exact) mass is 509 g/mol. The Bertz CT molecular complexity index is 1410. The molecule has 184 valence electrons. The molecular formula is C24H19N3O8S. The number of aryl methyl sites for hydroxylation is 1. The number of methoxy groups -OCH3 is 2. The Morgan fingerprint density at radius 3 is 2.31 bits per heavy atom. The lowest BCUT2D eigenvalue weighted by molar-refractivity contribution is -0.384. The van der Waals surface area contributed by atoms with Crippen molar-refractivity contribution in [2.75, 3.05) is 19.1 Å². The van der Waals surface area contributed by atoms with Gasteiger partial charge in [-0.3, -0.25) is 24.6 Å². The van der Waals surface area contributed by atoms with Crippen LogP contribution < -0.4 is 9.64 Å². The van der Waals surface area contributed by atoms with Gasteiger partial charge in [-0.05, 0) is 48.9 Å². The number of benzene rings is 2. The fraction of sp³-hybridized carbons (Fsp3) is 0.167. The topological polar surface area (TPSA) is 149 Å². The number of non-ortho nitro benzene ring substituents is 1. The van der Waals surface area contributed by atoms with Gasteiger partial charge < -0.3 is 14.6 Å². The molecule has 1 amide bonds. The molecule has 2 aromatic carbocycles. The summed E-state index contributed by atoms with van der Waals surface area (Å²) >= 11 is 0.854. The highest BCUT2D eigenvalue weighted by Crippen LogP contribution is 2.44. The number of carbonyl (C=O) groups excluding carboxylic acids is 3. The Morgan fingerprint density at radius 1 is 1.11 bits per heavy atom. The molecule has 1 saturated heterocycles. The lowest BCUT2D eigenvalue weighted by Crippen LogP contribution is -2.29. The number of amides is 1. The molecule has 1 fully saturated rings. The number of aliphatic hydroxyl groups is 1. The van der Waals surface area contributed by atoms with Crippen LogP contribution >= 0.6 is 11.3 Å². The van der Waals surface area contributed by atoms with Gasteiger partial charge in [0.05, 0.1) is 36.5 Å². The van der Waals surface area contributed by atoms with Crippen LogP contribution in [0, 0.1) is 17.0 Å². The van der Waals surface area contributed by atoms with Crippen molar-refractivity contribution in [2.24, 2.45) is 0 Å². The van der Waals surface area contributed by atoms with Crippen LogP contribution in [0.25, 0.3) is 5.76 Å². The zero-order valence-electron chi connectivity index (χ0n) is 19.3. The lowest BCUT2D eigenvalue weighted by Gasteiger charge is -2.23. The largest absolute Gasteiger partial charge is 0.507 e. The van der Waals surface area contributed by atoms with E-state index in [0.29, 0.717) is 17.0 Å². The highest BCUT2D eigenvalue weighted by atomic mass is 32.1. The predicted octanol–water partition coefficient (Wildman–Crippen LogP) is 3.78. The molecule has 1 atom stereocenters. The van der Waals surface area contributed by atoms with Gasteiger partial charge in [-0.2, -0.15) is 0 Å². The molecular weight excluding hydrogens is 490 g/mol. The highest BCUT2D eigenvalue weighted by molar-refractivity contribution is 7.17. The third-order valence-electron chi connectivity index (χ3n) is 5.59. The van der Waals surface area contributed by atoms with Crippen molar-refractivity contribution in [1.29, 1.82) is 0 Å². The van der Waals surface area contributed by atoms with E-state index in [4.69, 9.17) is 9.47 Å². The molecule has 0 unspecified atom stereocenters. The maximum Gasteiger partial charge on any atom is 0.350 e. The molecule has 4 rings (SSSR count). The first-order valence-corrected chi connectivity index (χ1v) is 11.2. The zero-order chi connectivity index (χ0) is 26.1. The first-order valence-electron chi connectivity index (χ1n) is 10.4. The van der Waals surface area contributed by atoms with E-state index in [-0.39, 0.29) is 26.8 Å². The van der Waals surface area contributed by atoms with Gasteiger partial charge >= 0.3 is 11.9 Å². The molecule has 2 heterocycles. The number of nitro groups is 1. The minimum atomic E-state index is -1.16. The van der Waals surface area contributed by atoms with Gasteiger partial charge in [-0.25, -0.2) is 9.78 Å². The number of hydrogen-bond donors (Lipinski definition) is 1. The summed E-state index contributed by atoms with van der Waals surface area (Å²) in [5, 5.41) is 22.3. The summed E-state index contributed by atoms with van der Waals surface area (Å²) in [4.78, 5) is 54.6. The molecule has 0 radical (unpaired) electrons. The first kappa shape index (κ1) is 24.5. The average Bonchev–Trinajstić information content (AvgIpc) is 3.39. The molecule has 1 aliphatic rings. The number of thiazole rings is 1. The van der Waals surface area contributed by atoms with Crippen molar-refractivity contribution in [2.45, 2.75) is 13.0 Å². The number of nitrogens with zero attached hydrogens (tertiary/aromatic N) is 3. The number of hydrogen-bond acceptors (Lipinski definition) is 10. The van der Waals surface area contributed by atoms with Crippen LogP contribution in [-0.4, -0.2) is 46.9 Å². The summed E-state index contributed by atoms with van der Waals surface area (Å²) in [5.74, 6) is -2.52. The number of Topliss-reactive ketones (excluding diaryl/α,β-unsaturated/α-hetero) is 1. The van der Waals surface area contributed by atoms with E-state index in [0.717, 1.165) is 16.2 Å². The van der Waals surface area contributed by atoms with E-state index in [9.17, 15) is 29.6 Å². The van der Waals surface area contributed by atoms with Gasteiger partial charge in [0, 0.05) is 17.7 Å². The van der Waals surface area contributed by atoms with E-state index >= 15 is 0 Å². The second kappa shape index (κ2) is 9.58. The smallest absolute Gasteiger partial charge is 0.350 e. The lowest BCUT2D eigenvalue weighted by atomic mass is 9.95. The van der Waals surface area contributed by atoms with Crippen molar-refractivity contribution < 1.29 is 33.9 Å². The first-order chi connectivity index (χ1) is 17.2. The number of aliphatic hydroxyl groups excluding tert-OH is 1. The van der Waals surface area contributed by atoms with E-state index in [1.165, 1.54) is 50.6 Å². The molecule has 1 aromatic heterocycles. The quantitative estimate of drug-likeness (QED) is 0.131. The Morgan fingerprint density at radius 2 is 1.75 bits per heavy atom. The van der Waals surface area contributed by atoms with Crippen molar-refractivity contribution in [3.63, 3.8) is 0 Å². The van der Waals surface area contributed by atoms with Crippen LogP contribution in [0.4, 0.5) is 10.8 Å². The summed E-state index contributed by atoms with van der Waals surface area (Å²) < 4.78 is 9.89. The van der Waals surface area contributed by atoms with E-state index < -0.39 is 34.4 Å². The summed E-state index contributed by atoms with van der Waals surface area (Å²) in [6, 6.07) is 10.3. The second-order valence-corrected chi connectivity index (χ2v) is 8.63. The number of carbonyl (C=O) groups is 3. The molecule has 0 aliphatic carbocycles. The van der Waals surface area contributed by atoms with Crippen LogP contribution in [0.1, 0.15) is 32.5 Å². The molecule has 0 bridgehead atoms. The summed E-state index contributed by atoms with van der Waals surface area (Å²) in [5.41, 5.74) is 0.449. The molecule has 12 heteroatoms. The number of nitro benzene ring substituents is 1. The Balaban J connectivity index is 1.92. The van der Waals surface area contributed by atoms with Crippen LogP contribution in [0.5, 0.6) is 5.75 Å². The fourth-order valence-electron chi connectivity index (χ4n) is 3.80. The Kier molecular flexibility index (Phi) is 6.53. The van der Waals surface area contributed by atoms with Crippen molar-refractivity contribution in [1.82, 2.24) is 4.98 Å². The molecule has 36 heavy (non-hydrogen) atoms. The van der Waals surface area contributed by atoms with Gasteiger partial charge in [-0.15, -0.1) is 0 Å². The van der Waals surface area contributed by atoms with E-state index in [1.807, 2.05) is 0 Å². The van der Waals surface area contributed by atoms with E-state index in [2.05, 4.69) is 4.98 Å². The maximum absolute atomic E-state index is 13.2. The van der Waals surface area contributed by atoms with E-state index in [1.54, 1.807) is 19.1 Å². The minimum Gasteiger partial charge on any atom is -0.507 e. The molecule has 3 aromatic rings. The normalized spacial score (nSPS) is 16.8. The summed E-state index contributed by atoms with van der Waals surface area (Å²) in [6.45, 7) is 1.56. The number of rotatable bonds is 6. The molecule has 1 N–H and O–H groups in total. The molecule has 0 spiro atoms. The molecule has 11 nitrogen and oxygen atoms in total. The van der Waals surface area contributed by atoms with Gasteiger partial charge in [0.1, 0.15) is 16.4 Å². The predicted molar refractivity (Wildman–Crippen MR) is 129 cm³/mol. The summed E-state index contributed by atoms with van der Waals surface area (Å²) in [7, 11) is 2.69. The standard InChI is InChI=1S/C24H19N3O8S/c1-12-21(23(31)35-3)36-24(25-12)26-18(13-4-8-15(9-5-13)27(32)33)17(20(29)22(26)30)19(28)14-6-10-16(34-2)11-7-14/h4-11,18,28H,1-3H3/t18-/m1/s1. The van der Waals surface area contributed by atoms with Crippen LogP contribution in [0.3, 0.4) is 0 Å². The average molecular weight is 509 g/mol. The van der Waals surface area contributed by atoms with Crippen molar-refractivity contribution >= 4 is 45.6 Å². The highest BCUT2D eigenvalue weighted by Gasteiger charge is 2.48. The van der Waals surface area contributed by atoms with Crippen LogP contribution in [0.2, 0.25) is 0 Å². The van der Waals surface area contributed by atoms with Gasteiger partial charge in [-0.1, -0.05) is 11.3 Å². The number of aromatic nitrogens is 1. The van der Waals surface area contributed by atoms with Crippen LogP contribution in [0.15, 0.2) is 54.1 Å². The van der Waals surface area contributed by atoms with Gasteiger partial charge in [0.25, 0.3) is 11.5 Å². The zero-order valence-corrected chi connectivity index (χ0v) is 20.1. The number of esters is 1. The van der Waals surface area contributed by atoms with Gasteiger partial charge in [0.2, 0.25) is 0 Å². The maximum atomic E-state index is 13.2. The van der Waals surface area contributed by atoms with Crippen LogP contribution in [-0.2, 0) is 14.3 Å². The minimum absolute atomic E-state index is 0.0344. The van der Waals surface area contributed by atoms with Gasteiger partial charge in [0.15, 0.2) is 5.13 Å². The molecule has 1 aliphatic heterocycles. The summed E-state index contributed by atoms with van der Waals surface area (Å²) in [6.07, 6.45) is 0. The SMILES string of the molecule is COC(=O)c1sc(N2C(=O)C(=O)C(=C(O)c3ccc(OC)cc3)[C@H]2c2ccc([N+](=O)[O-])cc2)nc1C. The third-order valence-corrected chi connectivity index (χ3v) is 6.73. The van der Waals surface area contributed by atoms with Crippen molar-refractivity contribution in [3.8, 4) is 5.75 Å². The Hall–Kier alpha value is -4.58. The van der Waals surface area contributed by atoms with Crippen molar-refractivity contribution in [3.05, 3.63) is 85.9 Å². The molecule has 0 saturated carbocycles. The number of ether oxygens (including phenoxy) is 2. The number of ketones is 1. The Labute approximate surface area is 208 Å². The second-order valence-electron chi connectivity index (χ2n) is 7.65.